The van der Waals surface area contributed by atoms with Crippen molar-refractivity contribution in [2.24, 2.45) is 5.50 Å². The van der Waals surface area contributed by atoms with Crippen LogP contribution < -0.4 is 5.50 Å². The lowest BCUT2D eigenvalue weighted by Gasteiger charge is -2.17. The zero-order valence-electron chi connectivity index (χ0n) is 8.21. The number of nitrogens with two attached hydrogens (primary N) is 1. The Bertz CT molecular complexity index is 328. The largest absolute Gasteiger partial charge is 0.403 e. The highest BCUT2D eigenvalue weighted by atomic mass is 31.2. The highest BCUT2D eigenvalue weighted by Crippen LogP contribution is 2.43. The van der Waals surface area contributed by atoms with Crippen molar-refractivity contribution in [2.45, 2.75) is 13.0 Å². The van der Waals surface area contributed by atoms with Crippen LogP contribution in [0.15, 0.2) is 30.3 Å². The Hall–Kier alpha value is -0.670. The maximum Gasteiger partial charge on any atom is 0.403 e. The monoisotopic (exact) mass is 215 g/mol. The van der Waals surface area contributed by atoms with E-state index in [1.54, 1.807) is 6.92 Å². The molecule has 0 spiro atoms. The Morgan fingerprint density at radius 2 is 1.93 bits per heavy atom. The number of hydrogen-bond acceptors (Lipinski definition) is 3. The molecule has 1 rings (SSSR count). The van der Waals surface area contributed by atoms with Gasteiger partial charge in [0.1, 0.15) is 0 Å². The summed E-state index contributed by atoms with van der Waals surface area (Å²) in [5.74, 6) is 0. The third-order valence-electron chi connectivity index (χ3n) is 1.83. The van der Waals surface area contributed by atoms with Crippen LogP contribution in [0.3, 0.4) is 0 Å². The standard InChI is InChI=1S/C9H14NO3P/c1-8(13-14(10,11)12-2)9-6-4-3-5-7-9/h3-8H,1-2H3,(H2,10,11)/t8-,14?/m1/s1. The second kappa shape index (κ2) is 4.71. The third kappa shape index (κ3) is 3.24. The first-order valence-corrected chi connectivity index (χ1v) is 5.84. The molecule has 5 heteroatoms. The Kier molecular flexibility index (Phi) is 3.84. The van der Waals surface area contributed by atoms with Crippen LogP contribution in [0.1, 0.15) is 18.6 Å². The van der Waals surface area contributed by atoms with Crippen molar-refractivity contribution >= 4 is 7.75 Å². The maximum absolute atomic E-state index is 11.3. The molecule has 1 unspecified atom stereocenters. The molecule has 0 aliphatic carbocycles. The SMILES string of the molecule is COP(N)(=O)O[C@H](C)c1ccccc1. The van der Waals surface area contributed by atoms with Crippen molar-refractivity contribution in [2.75, 3.05) is 7.11 Å². The highest BCUT2D eigenvalue weighted by molar-refractivity contribution is 7.51. The first-order valence-electron chi connectivity index (χ1n) is 4.23. The molecule has 78 valence electrons. The van der Waals surface area contributed by atoms with Crippen molar-refractivity contribution in [1.29, 1.82) is 0 Å². The molecule has 0 aliphatic rings. The Balaban J connectivity index is 2.68. The molecule has 2 atom stereocenters. The van der Waals surface area contributed by atoms with Gasteiger partial charge in [-0.25, -0.2) is 10.1 Å². The average molecular weight is 215 g/mol. The molecule has 0 bridgehead atoms. The van der Waals surface area contributed by atoms with Gasteiger partial charge in [-0.2, -0.15) is 0 Å². The summed E-state index contributed by atoms with van der Waals surface area (Å²) in [6.45, 7) is 1.77. The normalized spacial score (nSPS) is 17.4. The highest BCUT2D eigenvalue weighted by Gasteiger charge is 2.20. The summed E-state index contributed by atoms with van der Waals surface area (Å²) in [5.41, 5.74) is 6.18. The van der Waals surface area contributed by atoms with Crippen LogP contribution in [0.25, 0.3) is 0 Å². The van der Waals surface area contributed by atoms with E-state index in [0.717, 1.165) is 5.56 Å². The summed E-state index contributed by atoms with van der Waals surface area (Å²) in [4.78, 5) is 0. The van der Waals surface area contributed by atoms with Gasteiger partial charge >= 0.3 is 7.75 Å². The number of rotatable bonds is 4. The first kappa shape index (κ1) is 11.4. The summed E-state index contributed by atoms with van der Waals surface area (Å²) in [6, 6.07) is 9.40. The molecule has 0 saturated carbocycles. The van der Waals surface area contributed by atoms with E-state index in [0.29, 0.717) is 0 Å². The second-order valence-electron chi connectivity index (χ2n) is 2.88. The van der Waals surface area contributed by atoms with Crippen LogP contribution in [-0.2, 0) is 13.6 Å². The van der Waals surface area contributed by atoms with E-state index in [9.17, 15) is 4.57 Å². The smallest absolute Gasteiger partial charge is 0.300 e. The number of hydrogen-bond donors (Lipinski definition) is 1. The van der Waals surface area contributed by atoms with Crippen molar-refractivity contribution < 1.29 is 13.6 Å². The van der Waals surface area contributed by atoms with E-state index in [4.69, 9.17) is 10.0 Å². The zero-order valence-corrected chi connectivity index (χ0v) is 9.11. The van der Waals surface area contributed by atoms with Crippen LogP contribution in [0, 0.1) is 0 Å². The molecule has 0 aliphatic heterocycles. The molecule has 0 saturated heterocycles. The Morgan fingerprint density at radius 3 is 2.43 bits per heavy atom. The molecule has 1 aromatic rings. The molecule has 0 fully saturated rings. The van der Waals surface area contributed by atoms with E-state index in [2.05, 4.69) is 4.52 Å². The molecule has 2 N–H and O–H groups in total. The summed E-state index contributed by atoms with van der Waals surface area (Å²) >= 11 is 0. The van der Waals surface area contributed by atoms with E-state index in [-0.39, 0.29) is 6.10 Å². The topological polar surface area (TPSA) is 61.5 Å². The van der Waals surface area contributed by atoms with Crippen LogP contribution in [0.2, 0.25) is 0 Å². The summed E-state index contributed by atoms with van der Waals surface area (Å²) in [6.07, 6.45) is -0.341. The predicted molar refractivity (Wildman–Crippen MR) is 54.7 cm³/mol. The Labute approximate surface area is 83.6 Å². The third-order valence-corrected chi connectivity index (χ3v) is 2.95. The molecule has 0 amide bonds. The van der Waals surface area contributed by atoms with Crippen LogP contribution in [0.5, 0.6) is 0 Å². The van der Waals surface area contributed by atoms with Gasteiger partial charge in [-0.3, -0.25) is 4.52 Å². The van der Waals surface area contributed by atoms with Crippen LogP contribution in [0.4, 0.5) is 0 Å². The second-order valence-corrected chi connectivity index (χ2v) is 4.54. The lowest BCUT2D eigenvalue weighted by molar-refractivity contribution is 0.176. The Morgan fingerprint density at radius 1 is 1.36 bits per heavy atom. The van der Waals surface area contributed by atoms with Gasteiger partial charge in [0.25, 0.3) is 0 Å². The quantitative estimate of drug-likeness (QED) is 0.783. The fraction of sp³-hybridized carbons (Fsp3) is 0.333. The molecule has 0 heterocycles. The van der Waals surface area contributed by atoms with E-state index < -0.39 is 7.75 Å². The van der Waals surface area contributed by atoms with Gasteiger partial charge in [-0.05, 0) is 12.5 Å². The molecule has 0 aromatic heterocycles. The molecule has 14 heavy (non-hydrogen) atoms. The first-order chi connectivity index (χ1) is 6.55. The maximum atomic E-state index is 11.3. The fourth-order valence-electron chi connectivity index (χ4n) is 1.05. The summed E-state index contributed by atoms with van der Waals surface area (Å²) < 4.78 is 20.9. The minimum Gasteiger partial charge on any atom is -0.300 e. The van der Waals surface area contributed by atoms with Gasteiger partial charge in [0.15, 0.2) is 0 Å². The van der Waals surface area contributed by atoms with Gasteiger partial charge in [0.05, 0.1) is 6.10 Å². The van der Waals surface area contributed by atoms with Crippen molar-refractivity contribution in [3.8, 4) is 0 Å². The van der Waals surface area contributed by atoms with Gasteiger partial charge in [0, 0.05) is 7.11 Å². The van der Waals surface area contributed by atoms with Gasteiger partial charge in [-0.1, -0.05) is 30.3 Å². The predicted octanol–water partition coefficient (Wildman–Crippen LogP) is 2.48. The molecular weight excluding hydrogens is 201 g/mol. The summed E-state index contributed by atoms with van der Waals surface area (Å²) in [5, 5.41) is 0. The minimum absolute atomic E-state index is 0.341. The van der Waals surface area contributed by atoms with Crippen LogP contribution in [-0.4, -0.2) is 7.11 Å². The molecule has 4 nitrogen and oxygen atoms in total. The minimum atomic E-state index is -3.40. The lowest BCUT2D eigenvalue weighted by atomic mass is 10.1. The van der Waals surface area contributed by atoms with E-state index >= 15 is 0 Å². The van der Waals surface area contributed by atoms with Gasteiger partial charge in [0.2, 0.25) is 0 Å². The van der Waals surface area contributed by atoms with Crippen molar-refractivity contribution in [3.63, 3.8) is 0 Å². The van der Waals surface area contributed by atoms with Gasteiger partial charge < -0.3 is 4.52 Å². The molecule has 0 radical (unpaired) electrons. The summed E-state index contributed by atoms with van der Waals surface area (Å²) in [7, 11) is -2.13. The van der Waals surface area contributed by atoms with Gasteiger partial charge in [-0.15, -0.1) is 0 Å². The fourth-order valence-corrected chi connectivity index (χ4v) is 1.70. The zero-order chi connectivity index (χ0) is 10.6. The van der Waals surface area contributed by atoms with Crippen molar-refractivity contribution in [3.05, 3.63) is 35.9 Å². The molecular formula is C9H14NO3P. The van der Waals surface area contributed by atoms with E-state index in [1.165, 1.54) is 7.11 Å². The van der Waals surface area contributed by atoms with Crippen LogP contribution >= 0.6 is 7.75 Å². The van der Waals surface area contributed by atoms with Crippen molar-refractivity contribution in [1.82, 2.24) is 0 Å². The lowest BCUT2D eigenvalue weighted by Crippen LogP contribution is -2.05. The van der Waals surface area contributed by atoms with E-state index in [1.807, 2.05) is 30.3 Å². The average Bonchev–Trinajstić information content (AvgIpc) is 2.19. The number of benzene rings is 1. The molecule has 1 aromatic carbocycles.